The summed E-state index contributed by atoms with van der Waals surface area (Å²) >= 11 is 0. The summed E-state index contributed by atoms with van der Waals surface area (Å²) in [6, 6.07) is 7.75. The van der Waals surface area contributed by atoms with E-state index in [-0.39, 0.29) is 56.5 Å². The number of hydrogen-bond acceptors (Lipinski definition) is 21. The van der Waals surface area contributed by atoms with Gasteiger partial charge in [0.15, 0.2) is 12.4 Å². The van der Waals surface area contributed by atoms with Crippen molar-refractivity contribution in [3.05, 3.63) is 77.9 Å². The molecule has 3 aliphatic heterocycles. The first kappa shape index (κ1) is 84.2. The lowest BCUT2D eigenvalue weighted by Gasteiger charge is -2.41. The van der Waals surface area contributed by atoms with E-state index >= 15 is 0 Å². The van der Waals surface area contributed by atoms with Crippen LogP contribution >= 0.6 is 0 Å². The molecule has 0 bridgehead atoms. The second-order valence-electron chi connectivity index (χ2n) is 27.0. The van der Waals surface area contributed by atoms with Gasteiger partial charge in [0, 0.05) is 65.7 Å². The predicted molar refractivity (Wildman–Crippen MR) is 366 cm³/mol. The van der Waals surface area contributed by atoms with E-state index in [1.807, 2.05) is 13.8 Å². The van der Waals surface area contributed by atoms with Gasteiger partial charge in [-0.05, 0) is 66.2 Å². The van der Waals surface area contributed by atoms with Crippen LogP contribution in [-0.4, -0.2) is 263 Å². The van der Waals surface area contributed by atoms with Gasteiger partial charge in [0.2, 0.25) is 47.3 Å². The fourth-order valence-electron chi connectivity index (χ4n) is 12.6. The molecule has 3 aliphatic rings. The van der Waals surface area contributed by atoms with E-state index in [4.69, 9.17) is 23.7 Å². The number of carbonyl (C=O) groups is 12. The average Bonchev–Trinajstić information content (AvgIpc) is 1.11. The van der Waals surface area contributed by atoms with Crippen molar-refractivity contribution in [3.8, 4) is 0 Å². The average molecular weight is 1440 g/mol. The highest BCUT2D eigenvalue weighted by Gasteiger charge is 2.48. The number of nitrogens with one attached hydrogen (secondary N) is 6. The summed E-state index contributed by atoms with van der Waals surface area (Å²) in [5, 5.41) is 66.0. The zero-order valence-corrected chi connectivity index (χ0v) is 60.3. The smallest absolute Gasteiger partial charge is 0.410 e. The van der Waals surface area contributed by atoms with E-state index in [1.54, 1.807) is 103 Å². The molecule has 0 spiro atoms. The van der Waals surface area contributed by atoms with Crippen LogP contribution in [0.25, 0.3) is 0 Å². The Morgan fingerprint density at radius 1 is 0.696 bits per heavy atom. The summed E-state index contributed by atoms with van der Waals surface area (Å²) < 4.78 is 28.4. The number of aliphatic hydroxyl groups excluding tert-OH is 4. The Labute approximate surface area is 594 Å². The lowest BCUT2D eigenvalue weighted by atomic mass is 9.89. The van der Waals surface area contributed by atoms with E-state index in [9.17, 15) is 83.1 Å². The molecule has 102 heavy (non-hydrogen) atoms. The highest BCUT2D eigenvalue weighted by Crippen LogP contribution is 2.31. The Kier molecular flexibility index (Phi) is 32.8. The number of aliphatic hydroxyl groups is 4. The van der Waals surface area contributed by atoms with Gasteiger partial charge in [-0.2, -0.15) is 0 Å². The van der Waals surface area contributed by atoms with Crippen molar-refractivity contribution in [2.45, 2.75) is 193 Å². The normalized spacial score (nSPS) is 21.2. The van der Waals surface area contributed by atoms with Crippen molar-refractivity contribution in [2.24, 2.45) is 29.6 Å². The number of ether oxygens (including phenoxy) is 5. The monoisotopic (exact) mass is 1440 g/mol. The number of carbonyl (C=O) groups excluding carboxylic acids is 11. The summed E-state index contributed by atoms with van der Waals surface area (Å²) in [6.07, 6.45) is -7.83. The number of nitrogens with zero attached hydrogens (tertiary/aromatic N) is 4. The lowest BCUT2D eigenvalue weighted by Crippen LogP contribution is -2.60. The largest absolute Gasteiger partial charge is 0.479 e. The van der Waals surface area contributed by atoms with Crippen LogP contribution in [0.2, 0.25) is 0 Å². The first-order valence-electron chi connectivity index (χ1n) is 34.3. The van der Waals surface area contributed by atoms with Crippen LogP contribution in [0.15, 0.2) is 66.7 Å². The molecule has 32 heteroatoms. The Bertz CT molecular complexity index is 3210. The van der Waals surface area contributed by atoms with Crippen LogP contribution in [0.5, 0.6) is 0 Å². The van der Waals surface area contributed by atoms with Crippen LogP contribution in [0.1, 0.15) is 106 Å². The third kappa shape index (κ3) is 22.7. The molecule has 32 nitrogen and oxygen atoms in total. The number of anilines is 1. The van der Waals surface area contributed by atoms with Crippen LogP contribution in [-0.2, 0) is 89.5 Å². The number of likely N-dealkylation sites (N-methyl/N-ethyl adjacent to an activating group) is 2. The minimum Gasteiger partial charge on any atom is -0.479 e. The molecule has 2 aromatic rings. The summed E-state index contributed by atoms with van der Waals surface area (Å²) in [6.45, 7) is 14.2. The number of methoxy groups -OCH3 is 2. The minimum atomic E-state index is -1.89. The van der Waals surface area contributed by atoms with Gasteiger partial charge in [-0.15, -0.1) is 0 Å². The number of likely N-dealkylation sites (tertiary alicyclic amines) is 1. The van der Waals surface area contributed by atoms with Crippen molar-refractivity contribution in [3.63, 3.8) is 0 Å². The van der Waals surface area contributed by atoms with Crippen molar-refractivity contribution in [1.29, 1.82) is 0 Å². The highest BCUT2D eigenvalue weighted by atomic mass is 16.7. The Hall–Kier alpha value is -8.50. The third-order valence-corrected chi connectivity index (χ3v) is 18.6. The van der Waals surface area contributed by atoms with Gasteiger partial charge in [-0.1, -0.05) is 111 Å². The molecule has 2 saturated heterocycles. The summed E-state index contributed by atoms with van der Waals surface area (Å²) in [4.78, 5) is 166. The van der Waals surface area contributed by atoms with Gasteiger partial charge in [-0.3, -0.25) is 57.7 Å². The van der Waals surface area contributed by atoms with Gasteiger partial charge in [0.05, 0.1) is 49.8 Å². The van der Waals surface area contributed by atoms with Gasteiger partial charge in [0.25, 0.3) is 11.8 Å². The van der Waals surface area contributed by atoms with Crippen LogP contribution in [0.4, 0.5) is 10.5 Å². The van der Waals surface area contributed by atoms with E-state index in [2.05, 4.69) is 31.9 Å². The van der Waals surface area contributed by atoms with Crippen molar-refractivity contribution >= 4 is 76.8 Å². The van der Waals surface area contributed by atoms with E-state index < -0.39 is 187 Å². The molecule has 0 unspecified atom stereocenters. The summed E-state index contributed by atoms with van der Waals surface area (Å²) in [5.74, 6) is -10.5. The molecule has 2 fully saturated rings. The zero-order chi connectivity index (χ0) is 76.0. The van der Waals surface area contributed by atoms with E-state index in [0.717, 1.165) is 22.6 Å². The van der Waals surface area contributed by atoms with Crippen LogP contribution < -0.4 is 31.9 Å². The number of carboxylic acid groups (broad SMARTS) is 1. The lowest BCUT2D eigenvalue weighted by molar-refractivity contribution is -0.294. The maximum atomic E-state index is 14.9. The molecule has 0 aliphatic carbocycles. The first-order chi connectivity index (χ1) is 48.2. The summed E-state index contributed by atoms with van der Waals surface area (Å²) in [7, 11) is 5.87. The second kappa shape index (κ2) is 39.8. The quantitative estimate of drug-likeness (QED) is 0.0310. The highest BCUT2D eigenvalue weighted by molar-refractivity contribution is 6.14. The van der Waals surface area contributed by atoms with Crippen molar-refractivity contribution in [1.82, 2.24) is 46.2 Å². The van der Waals surface area contributed by atoms with E-state index in [1.165, 1.54) is 38.3 Å². The molecular formula is C70H104N10O22. The Morgan fingerprint density at radius 2 is 1.32 bits per heavy atom. The third-order valence-electron chi connectivity index (χ3n) is 18.6. The van der Waals surface area contributed by atoms with Crippen LogP contribution in [0.3, 0.4) is 0 Å². The maximum Gasteiger partial charge on any atom is 0.410 e. The molecule has 16 atom stereocenters. The molecule has 11 amide bonds. The maximum absolute atomic E-state index is 14.9. The molecule has 3 heterocycles. The molecular weight excluding hydrogens is 1330 g/mol. The number of carboxylic acids is 1. The molecule has 0 saturated carbocycles. The van der Waals surface area contributed by atoms with E-state index in [0.29, 0.717) is 36.3 Å². The molecule has 0 radical (unpaired) electrons. The SMILES string of the molecule is CC[C@H](C)[C@@H]([C@@H](CC(=O)N1CCC[C@H]1[C@H](OC)[C@@H](C)C(=O)N[C@@H](Cc1ccccc1)C(=O)NCCCO[C@@H]1O[C@H](C(=O)O)[C@@H](O)[C@H](O)[C@H]1O)OC)N(C)C(=O)[C@@H](NC(=O)[C@H](C(C)C)N(C)C(=O)OCc1ccc(NC(=O)[C@H](CO)NC(=O)[C@@H](NC(=O)CN2C(=O)C=CC2=O)C(C)C)cc1)C(C)C. The Balaban J connectivity index is 1.18. The predicted octanol–water partition coefficient (Wildman–Crippen LogP) is -0.0353. The number of imide groups is 1. The van der Waals surface area contributed by atoms with Gasteiger partial charge < -0.3 is 90.9 Å². The minimum absolute atomic E-state index is 0.00869. The first-order valence-corrected chi connectivity index (χ1v) is 34.3. The van der Waals surface area contributed by atoms with Gasteiger partial charge in [0.1, 0.15) is 61.7 Å². The number of benzene rings is 2. The zero-order valence-electron chi connectivity index (χ0n) is 60.3. The summed E-state index contributed by atoms with van der Waals surface area (Å²) in [5.41, 5.74) is 1.46. The van der Waals surface area contributed by atoms with Crippen LogP contribution in [0, 0.1) is 29.6 Å². The fraction of sp³-hybridized carbons (Fsp3) is 0.629. The molecule has 5 rings (SSSR count). The Morgan fingerprint density at radius 3 is 1.89 bits per heavy atom. The van der Waals surface area contributed by atoms with Gasteiger partial charge in [-0.25, -0.2) is 9.59 Å². The van der Waals surface area contributed by atoms with Gasteiger partial charge >= 0.3 is 12.1 Å². The topological polar surface area (TPSA) is 437 Å². The number of aliphatic carboxylic acids is 1. The second-order valence-corrected chi connectivity index (χ2v) is 27.0. The van der Waals surface area contributed by atoms with Crippen molar-refractivity contribution in [2.75, 3.05) is 66.5 Å². The fourth-order valence-corrected chi connectivity index (χ4v) is 12.6. The molecule has 566 valence electrons. The van der Waals surface area contributed by atoms with Crippen molar-refractivity contribution < 1.29 is 107 Å². The number of amides is 11. The molecule has 2 aromatic carbocycles. The number of hydrogen-bond donors (Lipinski definition) is 11. The number of rotatable bonds is 38. The molecule has 11 N–H and O–H groups in total. The standard InChI is InChI=1S/C70H104N10O22/c1-14-40(8)56(48(98-12)33-52(85)79-30-18-22-47(79)60(99-13)41(9)62(89)73-45(32-42-20-16-15-17-21-42)63(90)71-29-19-31-100-69-59(88)57(86)58(87)61(102-69)68(95)96)77(10)67(94)54(38(4)5)76-66(93)55(39(6)7)78(11)70(97)101-36-43-23-25-44(26-24-43)72-64(91)46(35-81)74-65(92)53(37(2)3)75-49(82)34-80-50(83)27-28-51(80)84/h15-17,20-21,23-28,37-41,45-48,53-61,69,81,86-88H,14,18-19,22,29-36H2,1-13H3,(H,71,90)(H,72,91)(H,73,89)(H,74,92)(H,75,82)(H,76,93)(H,95,96)/t40-,41+,45-,46-,47-,48+,53-,54-,55-,56-,57-,58-,59+,60+,61-,69+/m0/s1. The molecule has 0 aromatic heterocycles.